The minimum absolute atomic E-state index is 0.236. The van der Waals surface area contributed by atoms with Crippen molar-refractivity contribution in [2.24, 2.45) is 5.41 Å². The van der Waals surface area contributed by atoms with Crippen molar-refractivity contribution in [1.82, 2.24) is 14.8 Å². The van der Waals surface area contributed by atoms with Crippen molar-refractivity contribution in [2.45, 2.75) is 51.2 Å². The van der Waals surface area contributed by atoms with E-state index >= 15 is 0 Å². The molecule has 1 aromatic carbocycles. The molecular formula is C17H22BrN3O. The Bertz CT molecular complexity index is 618. The SMILES string of the molecule is CC(C)(Cc1ccc(Br)cc1)C(O)C1(n2cncn2)CCC1. The average molecular weight is 364 g/mol. The first-order valence-electron chi connectivity index (χ1n) is 7.72. The number of rotatable bonds is 5. The Labute approximate surface area is 139 Å². The minimum Gasteiger partial charge on any atom is -0.390 e. The van der Waals surface area contributed by atoms with Gasteiger partial charge in [0.1, 0.15) is 12.7 Å². The molecule has 1 atom stereocenters. The Morgan fingerprint density at radius 3 is 2.50 bits per heavy atom. The van der Waals surface area contributed by atoms with Crippen molar-refractivity contribution in [3.05, 3.63) is 47.0 Å². The molecule has 0 spiro atoms. The van der Waals surface area contributed by atoms with Crippen LogP contribution >= 0.6 is 15.9 Å². The molecule has 1 unspecified atom stereocenters. The van der Waals surface area contributed by atoms with E-state index in [-0.39, 0.29) is 11.0 Å². The van der Waals surface area contributed by atoms with Gasteiger partial charge in [0.05, 0.1) is 11.6 Å². The van der Waals surface area contributed by atoms with Gasteiger partial charge in [-0.2, -0.15) is 5.10 Å². The zero-order valence-corrected chi connectivity index (χ0v) is 14.6. The van der Waals surface area contributed by atoms with Gasteiger partial charge in [0.25, 0.3) is 0 Å². The molecule has 0 aliphatic heterocycles. The molecule has 1 N–H and O–H groups in total. The van der Waals surface area contributed by atoms with E-state index in [2.05, 4.69) is 52.0 Å². The summed E-state index contributed by atoms with van der Waals surface area (Å²) in [5, 5.41) is 15.4. The highest BCUT2D eigenvalue weighted by Crippen LogP contribution is 2.47. The van der Waals surface area contributed by atoms with Crippen LogP contribution in [0, 0.1) is 5.41 Å². The molecular weight excluding hydrogens is 342 g/mol. The van der Waals surface area contributed by atoms with Crippen LogP contribution in [-0.4, -0.2) is 26.0 Å². The van der Waals surface area contributed by atoms with E-state index in [0.29, 0.717) is 0 Å². The van der Waals surface area contributed by atoms with Crippen LogP contribution in [0.25, 0.3) is 0 Å². The third kappa shape index (κ3) is 2.72. The van der Waals surface area contributed by atoms with Gasteiger partial charge in [-0.15, -0.1) is 0 Å². The van der Waals surface area contributed by atoms with E-state index < -0.39 is 6.10 Å². The minimum atomic E-state index is -0.459. The van der Waals surface area contributed by atoms with Crippen LogP contribution in [0.1, 0.15) is 38.7 Å². The normalized spacial score (nSPS) is 18.7. The highest BCUT2D eigenvalue weighted by molar-refractivity contribution is 9.10. The second kappa shape index (κ2) is 5.78. The van der Waals surface area contributed by atoms with E-state index in [1.807, 2.05) is 16.8 Å². The lowest BCUT2D eigenvalue weighted by atomic mass is 9.63. The molecule has 2 aromatic rings. The molecule has 1 aliphatic carbocycles. The van der Waals surface area contributed by atoms with Crippen LogP contribution in [0.3, 0.4) is 0 Å². The summed E-state index contributed by atoms with van der Waals surface area (Å²) in [5.41, 5.74) is 0.704. The summed E-state index contributed by atoms with van der Waals surface area (Å²) in [6.07, 6.45) is 6.71. The third-order valence-electron chi connectivity index (χ3n) is 4.92. The summed E-state index contributed by atoms with van der Waals surface area (Å²) in [7, 11) is 0. The molecule has 0 radical (unpaired) electrons. The van der Waals surface area contributed by atoms with Crippen LogP contribution in [0.15, 0.2) is 41.4 Å². The summed E-state index contributed by atoms with van der Waals surface area (Å²) >= 11 is 3.46. The summed E-state index contributed by atoms with van der Waals surface area (Å²) in [6, 6.07) is 8.32. The van der Waals surface area contributed by atoms with Gasteiger partial charge < -0.3 is 5.11 Å². The zero-order valence-electron chi connectivity index (χ0n) is 13.0. The monoisotopic (exact) mass is 363 g/mol. The van der Waals surface area contributed by atoms with Crippen molar-refractivity contribution in [1.29, 1.82) is 0 Å². The van der Waals surface area contributed by atoms with Gasteiger partial charge >= 0.3 is 0 Å². The standard InChI is InChI=1S/C17H22BrN3O/c1-16(2,10-13-4-6-14(18)7-5-13)15(22)17(8-3-9-17)21-12-19-11-20-21/h4-7,11-12,15,22H,3,8-10H2,1-2H3. The number of hydrogen-bond acceptors (Lipinski definition) is 3. The van der Waals surface area contributed by atoms with Crippen LogP contribution in [0.2, 0.25) is 0 Å². The lowest BCUT2D eigenvalue weighted by Crippen LogP contribution is -2.56. The van der Waals surface area contributed by atoms with Crippen LogP contribution in [0.5, 0.6) is 0 Å². The first-order chi connectivity index (χ1) is 10.4. The molecule has 1 saturated carbocycles. The van der Waals surface area contributed by atoms with E-state index in [9.17, 15) is 5.11 Å². The van der Waals surface area contributed by atoms with Crippen molar-refractivity contribution in [2.75, 3.05) is 0 Å². The first-order valence-corrected chi connectivity index (χ1v) is 8.51. The quantitative estimate of drug-likeness (QED) is 0.883. The van der Waals surface area contributed by atoms with Crippen molar-refractivity contribution < 1.29 is 5.11 Å². The van der Waals surface area contributed by atoms with E-state index in [1.165, 1.54) is 5.56 Å². The van der Waals surface area contributed by atoms with Crippen LogP contribution in [0.4, 0.5) is 0 Å². The number of aliphatic hydroxyl groups excluding tert-OH is 1. The molecule has 1 fully saturated rings. The molecule has 0 bridgehead atoms. The molecule has 1 aliphatic rings. The smallest absolute Gasteiger partial charge is 0.137 e. The van der Waals surface area contributed by atoms with Gasteiger partial charge in [0.2, 0.25) is 0 Å². The molecule has 22 heavy (non-hydrogen) atoms. The number of hydrogen-bond donors (Lipinski definition) is 1. The molecule has 1 aromatic heterocycles. The maximum atomic E-state index is 11.1. The Hall–Kier alpha value is -1.20. The lowest BCUT2D eigenvalue weighted by molar-refractivity contribution is -0.0950. The third-order valence-corrected chi connectivity index (χ3v) is 5.45. The lowest BCUT2D eigenvalue weighted by Gasteiger charge is -2.50. The number of halogens is 1. The van der Waals surface area contributed by atoms with E-state index in [1.54, 1.807) is 12.7 Å². The average Bonchev–Trinajstić information content (AvgIpc) is 2.94. The Morgan fingerprint density at radius 2 is 2.00 bits per heavy atom. The first kappa shape index (κ1) is 15.7. The molecule has 5 heteroatoms. The van der Waals surface area contributed by atoms with Gasteiger partial charge in [-0.1, -0.05) is 41.9 Å². The summed E-state index contributed by atoms with van der Waals surface area (Å²) in [6.45, 7) is 4.27. The predicted molar refractivity (Wildman–Crippen MR) is 89.5 cm³/mol. The number of aliphatic hydroxyl groups is 1. The van der Waals surface area contributed by atoms with Gasteiger partial charge in [0.15, 0.2) is 0 Å². The second-order valence-corrected chi connectivity index (χ2v) is 7.91. The highest BCUT2D eigenvalue weighted by Gasteiger charge is 2.51. The number of aromatic nitrogens is 3. The molecule has 4 nitrogen and oxygen atoms in total. The number of benzene rings is 1. The van der Waals surface area contributed by atoms with Crippen LogP contribution in [-0.2, 0) is 12.0 Å². The Balaban J connectivity index is 1.83. The van der Waals surface area contributed by atoms with E-state index in [4.69, 9.17) is 0 Å². The van der Waals surface area contributed by atoms with E-state index in [0.717, 1.165) is 30.2 Å². The fourth-order valence-electron chi connectivity index (χ4n) is 3.56. The predicted octanol–water partition coefficient (Wildman–Crippen LogP) is 3.55. The molecule has 118 valence electrons. The summed E-state index contributed by atoms with van der Waals surface area (Å²) in [4.78, 5) is 4.06. The fraction of sp³-hybridized carbons (Fsp3) is 0.529. The maximum Gasteiger partial charge on any atom is 0.137 e. The zero-order chi connectivity index (χ0) is 15.8. The second-order valence-electron chi connectivity index (χ2n) is 6.99. The topological polar surface area (TPSA) is 50.9 Å². The highest BCUT2D eigenvalue weighted by atomic mass is 79.9. The Kier molecular flexibility index (Phi) is 4.12. The van der Waals surface area contributed by atoms with Gasteiger partial charge in [-0.3, -0.25) is 0 Å². The maximum absolute atomic E-state index is 11.1. The van der Waals surface area contributed by atoms with Crippen LogP contribution < -0.4 is 0 Å². The Morgan fingerprint density at radius 1 is 1.32 bits per heavy atom. The summed E-state index contributed by atoms with van der Waals surface area (Å²) < 4.78 is 2.94. The molecule has 3 rings (SSSR count). The van der Waals surface area contributed by atoms with Crippen molar-refractivity contribution >= 4 is 15.9 Å². The molecule has 1 heterocycles. The largest absolute Gasteiger partial charge is 0.390 e. The molecule has 0 saturated heterocycles. The van der Waals surface area contributed by atoms with Crippen molar-refractivity contribution in [3.63, 3.8) is 0 Å². The number of nitrogens with zero attached hydrogens (tertiary/aromatic N) is 3. The summed E-state index contributed by atoms with van der Waals surface area (Å²) in [5.74, 6) is 0. The van der Waals surface area contributed by atoms with Crippen molar-refractivity contribution in [3.8, 4) is 0 Å². The molecule has 0 amide bonds. The van der Waals surface area contributed by atoms with Gasteiger partial charge in [0, 0.05) is 4.47 Å². The fourth-order valence-corrected chi connectivity index (χ4v) is 3.82. The van der Waals surface area contributed by atoms with Gasteiger partial charge in [-0.25, -0.2) is 9.67 Å². The van der Waals surface area contributed by atoms with Gasteiger partial charge in [-0.05, 0) is 48.8 Å².